The van der Waals surface area contributed by atoms with Crippen LogP contribution in [0.1, 0.15) is 41.5 Å². The number of amides is 3. The van der Waals surface area contributed by atoms with Gasteiger partial charge in [-0.15, -0.1) is 0 Å². The Morgan fingerprint density at radius 3 is 2.55 bits per heavy atom. The van der Waals surface area contributed by atoms with Crippen LogP contribution in [0.4, 0.5) is 0 Å². The van der Waals surface area contributed by atoms with Crippen molar-refractivity contribution in [3.8, 4) is 11.5 Å². The molecule has 0 aliphatic heterocycles. The normalized spacial score (nSPS) is 12.6. The summed E-state index contributed by atoms with van der Waals surface area (Å²) in [7, 11) is 0. The fraction of sp³-hybridized carbons (Fsp3) is 0.296. The van der Waals surface area contributed by atoms with Crippen LogP contribution in [0.5, 0.6) is 0 Å². The zero-order valence-corrected chi connectivity index (χ0v) is 21.2. The number of aryl methyl sites for hydroxylation is 1. The topological polar surface area (TPSA) is 169 Å². The van der Waals surface area contributed by atoms with E-state index in [4.69, 9.17) is 15.0 Å². The fourth-order valence-corrected chi connectivity index (χ4v) is 3.64. The maximum Gasteiger partial charge on any atom is 0.330 e. The number of carbonyl (C=O) groups is 4. The average molecular weight is 522 g/mol. The highest BCUT2D eigenvalue weighted by molar-refractivity contribution is 5.97. The van der Waals surface area contributed by atoms with Crippen LogP contribution >= 0.6 is 0 Å². The number of hydrogen-bond donors (Lipinski definition) is 4. The fourth-order valence-electron chi connectivity index (χ4n) is 3.64. The van der Waals surface area contributed by atoms with E-state index in [9.17, 15) is 19.2 Å². The molecule has 3 amide bonds. The number of ether oxygens (including phenoxy) is 1. The number of benzene rings is 1. The summed E-state index contributed by atoms with van der Waals surface area (Å²) < 4.78 is 10.1. The zero-order valence-electron chi connectivity index (χ0n) is 21.2. The molecule has 0 saturated heterocycles. The highest BCUT2D eigenvalue weighted by Gasteiger charge is 2.25. The molecule has 3 rings (SSSR count). The van der Waals surface area contributed by atoms with Gasteiger partial charge in [0.1, 0.15) is 11.7 Å². The third-order valence-electron chi connectivity index (χ3n) is 5.51. The molecule has 11 heteroatoms. The lowest BCUT2D eigenvalue weighted by atomic mass is 10.0. The monoisotopic (exact) mass is 521 g/mol. The summed E-state index contributed by atoms with van der Waals surface area (Å²) in [6, 6.07) is 12.5. The molecule has 0 fully saturated rings. The number of rotatable bonds is 13. The molecular weight excluding hydrogens is 490 g/mol. The van der Waals surface area contributed by atoms with Gasteiger partial charge in [0.15, 0.2) is 5.76 Å². The summed E-state index contributed by atoms with van der Waals surface area (Å²) in [5, 5.41) is 9.41. The predicted molar refractivity (Wildman–Crippen MR) is 139 cm³/mol. The van der Waals surface area contributed by atoms with E-state index < -0.39 is 35.8 Å². The van der Waals surface area contributed by atoms with E-state index in [-0.39, 0.29) is 31.6 Å². The third kappa shape index (κ3) is 8.47. The van der Waals surface area contributed by atoms with Gasteiger partial charge in [-0.3, -0.25) is 14.4 Å². The molecule has 0 spiro atoms. The number of nitrogens with one attached hydrogen (secondary N) is 3. The van der Waals surface area contributed by atoms with Crippen molar-refractivity contribution in [3.05, 3.63) is 77.6 Å². The van der Waals surface area contributed by atoms with E-state index in [1.165, 1.54) is 12.2 Å². The summed E-state index contributed by atoms with van der Waals surface area (Å²) >= 11 is 0. The third-order valence-corrected chi connectivity index (χ3v) is 5.51. The molecule has 1 aromatic carbocycles. The van der Waals surface area contributed by atoms with Crippen LogP contribution < -0.4 is 16.4 Å². The van der Waals surface area contributed by atoms with Gasteiger partial charge >= 0.3 is 5.97 Å². The Morgan fingerprint density at radius 2 is 1.89 bits per heavy atom. The summed E-state index contributed by atoms with van der Waals surface area (Å²) in [5.41, 5.74) is 7.59. The number of primary amides is 1. The highest BCUT2D eigenvalue weighted by Crippen LogP contribution is 2.19. The Morgan fingerprint density at radius 1 is 1.13 bits per heavy atom. The first-order valence-corrected chi connectivity index (χ1v) is 12.2. The van der Waals surface area contributed by atoms with Gasteiger partial charge < -0.3 is 30.6 Å². The number of hydrogen-bond acceptors (Lipinski definition) is 7. The molecular formula is C27H31N5O6. The van der Waals surface area contributed by atoms with Crippen LogP contribution in [0.25, 0.3) is 11.5 Å². The second kappa shape index (κ2) is 13.6. The maximum absolute atomic E-state index is 13.3. The summed E-state index contributed by atoms with van der Waals surface area (Å²) in [5.74, 6) is -1.65. The highest BCUT2D eigenvalue weighted by atomic mass is 16.5. The van der Waals surface area contributed by atoms with Gasteiger partial charge in [-0.2, -0.15) is 0 Å². The number of carbonyl (C=O) groups excluding carboxylic acids is 4. The number of H-pyrrole nitrogens is 1. The van der Waals surface area contributed by atoms with Crippen LogP contribution in [-0.2, 0) is 25.5 Å². The average Bonchev–Trinajstić information content (AvgIpc) is 3.55. The Kier molecular flexibility index (Phi) is 9.98. The van der Waals surface area contributed by atoms with Crippen LogP contribution in [0.3, 0.4) is 0 Å². The van der Waals surface area contributed by atoms with Crippen molar-refractivity contribution in [1.29, 1.82) is 0 Å². The molecule has 2 atom stereocenters. The zero-order chi connectivity index (χ0) is 27.5. The molecule has 5 N–H and O–H groups in total. The van der Waals surface area contributed by atoms with Crippen LogP contribution in [0.2, 0.25) is 0 Å². The van der Waals surface area contributed by atoms with Gasteiger partial charge in [0.25, 0.3) is 5.91 Å². The standard InChI is InChI=1S/C27H31N5O6/c1-3-37-25(34)14-10-19(9-13-24(28)33)29-27(36)22(16-18-7-5-4-6-8-18)31-26(35)21-12-11-20(30-21)23-15-17(2)32-38-23/h4-8,10-12,14-15,19,22,30H,3,9,13,16H2,1-2H3,(H2,28,33)(H,29,36)(H,31,35)/t19-,22-/m0/s1. The largest absolute Gasteiger partial charge is 0.463 e. The SMILES string of the molecule is CCOC(=O)C=C[C@H](CCC(N)=O)NC(=O)[C@H](Cc1ccccc1)NC(=O)c1ccc(-c2cc(C)no2)[nH]1. The molecule has 2 heterocycles. The van der Waals surface area contributed by atoms with Crippen molar-refractivity contribution in [2.75, 3.05) is 6.61 Å². The lowest BCUT2D eigenvalue weighted by Gasteiger charge is -2.22. The van der Waals surface area contributed by atoms with Gasteiger partial charge in [-0.1, -0.05) is 41.6 Å². The lowest BCUT2D eigenvalue weighted by molar-refractivity contribution is -0.137. The van der Waals surface area contributed by atoms with E-state index in [0.29, 0.717) is 17.1 Å². The Balaban J connectivity index is 1.77. The number of nitrogens with zero attached hydrogens (tertiary/aromatic N) is 1. The van der Waals surface area contributed by atoms with Crippen molar-refractivity contribution in [2.24, 2.45) is 5.73 Å². The lowest BCUT2D eigenvalue weighted by Crippen LogP contribution is -2.50. The minimum atomic E-state index is -0.962. The van der Waals surface area contributed by atoms with E-state index in [1.54, 1.807) is 32.0 Å². The number of aromatic amines is 1. The Hall–Kier alpha value is -4.67. The number of nitrogens with two attached hydrogens (primary N) is 1. The summed E-state index contributed by atoms with van der Waals surface area (Å²) in [6.07, 6.45) is 2.99. The molecule has 0 saturated carbocycles. The quantitative estimate of drug-likeness (QED) is 0.197. The Bertz CT molecular complexity index is 1280. The molecule has 3 aromatic rings. The first-order chi connectivity index (χ1) is 18.2. The molecule has 200 valence electrons. The van der Waals surface area contributed by atoms with Gasteiger partial charge in [0.05, 0.1) is 18.0 Å². The second-order valence-corrected chi connectivity index (χ2v) is 8.57. The molecule has 0 aliphatic carbocycles. The smallest absolute Gasteiger partial charge is 0.330 e. The van der Waals surface area contributed by atoms with Crippen LogP contribution in [-0.4, -0.2) is 52.5 Å². The van der Waals surface area contributed by atoms with Gasteiger partial charge in [0, 0.05) is 31.0 Å². The van der Waals surface area contributed by atoms with E-state index in [2.05, 4.69) is 20.8 Å². The molecule has 0 bridgehead atoms. The molecule has 0 aliphatic rings. The molecule has 0 unspecified atom stereocenters. The van der Waals surface area contributed by atoms with Crippen LogP contribution in [0, 0.1) is 6.92 Å². The van der Waals surface area contributed by atoms with Crippen molar-refractivity contribution in [3.63, 3.8) is 0 Å². The Labute approximate surface area is 219 Å². The molecule has 2 aromatic heterocycles. The first kappa shape index (κ1) is 27.9. The molecule has 0 radical (unpaired) electrons. The maximum atomic E-state index is 13.3. The molecule has 11 nitrogen and oxygen atoms in total. The van der Waals surface area contributed by atoms with Gasteiger partial charge in [-0.25, -0.2) is 4.79 Å². The predicted octanol–water partition coefficient (Wildman–Crippen LogP) is 2.19. The van der Waals surface area contributed by atoms with E-state index in [0.717, 1.165) is 5.56 Å². The van der Waals surface area contributed by atoms with Crippen molar-refractivity contribution in [2.45, 2.75) is 45.2 Å². The molecule has 38 heavy (non-hydrogen) atoms. The van der Waals surface area contributed by atoms with Crippen molar-refractivity contribution < 1.29 is 28.4 Å². The minimum Gasteiger partial charge on any atom is -0.463 e. The number of esters is 1. The van der Waals surface area contributed by atoms with E-state index >= 15 is 0 Å². The van der Waals surface area contributed by atoms with Crippen molar-refractivity contribution in [1.82, 2.24) is 20.8 Å². The number of aromatic nitrogens is 2. The minimum absolute atomic E-state index is 0.0137. The van der Waals surface area contributed by atoms with E-state index in [1.807, 2.05) is 30.3 Å². The summed E-state index contributed by atoms with van der Waals surface area (Å²) in [4.78, 5) is 52.5. The van der Waals surface area contributed by atoms with Crippen molar-refractivity contribution >= 4 is 23.7 Å². The van der Waals surface area contributed by atoms with Crippen LogP contribution in [0.15, 0.2) is 65.2 Å². The van der Waals surface area contributed by atoms with Gasteiger partial charge in [0.2, 0.25) is 11.8 Å². The van der Waals surface area contributed by atoms with Gasteiger partial charge in [-0.05, 0) is 38.0 Å². The second-order valence-electron chi connectivity index (χ2n) is 8.57. The summed E-state index contributed by atoms with van der Waals surface area (Å²) in [6.45, 7) is 3.66. The first-order valence-electron chi connectivity index (χ1n) is 12.2.